The standard InChI is InChI=1S/C38H71N3O13P2S.2Na/c1-3-5-7-9-11-13-14-15-16-17-18-20-22-24-34(42)52-31(30-57-27-23-21-19-12-10-8-6-4-2)28-50-55(46,47)54-56(48,49)51-29-32-35(43)36(44)37(53-32)41-26-25-33(39)40-38(41)45;;/h25-26,31-32,35-37,43-44H,3-24,27-30H2,1-2H3,(H,46,47)(H,48,49)(H2,39,40,45);;/q;2*+1/p-2. The molecule has 0 amide bonds. The van der Waals surface area contributed by atoms with Gasteiger partial charge in [0.25, 0.3) is 15.6 Å². The van der Waals surface area contributed by atoms with Gasteiger partial charge in [0.15, 0.2) is 6.23 Å². The minimum absolute atomic E-state index is 0. The number of rotatable bonds is 35. The summed E-state index contributed by atoms with van der Waals surface area (Å²) in [7, 11) is -11.2. The summed E-state index contributed by atoms with van der Waals surface area (Å²) in [5.41, 5.74) is 4.57. The van der Waals surface area contributed by atoms with E-state index in [9.17, 15) is 38.7 Å². The van der Waals surface area contributed by atoms with E-state index in [1.807, 2.05) is 0 Å². The minimum Gasteiger partial charge on any atom is -0.756 e. The number of hydrogen-bond donors (Lipinski definition) is 3. The van der Waals surface area contributed by atoms with Crippen LogP contribution >= 0.6 is 27.4 Å². The second-order valence-electron chi connectivity index (χ2n) is 14.8. The number of hydrogen-bond acceptors (Lipinski definition) is 16. The van der Waals surface area contributed by atoms with Crippen molar-refractivity contribution >= 4 is 39.2 Å². The number of aromatic nitrogens is 2. The Kier molecular flexibility index (Phi) is 35.3. The van der Waals surface area contributed by atoms with Gasteiger partial charge in [-0.3, -0.25) is 18.5 Å². The maximum Gasteiger partial charge on any atom is 1.00 e. The Hall–Kier alpha value is 0.640. The van der Waals surface area contributed by atoms with Gasteiger partial charge in [-0.2, -0.15) is 16.7 Å². The Morgan fingerprint density at radius 1 is 0.831 bits per heavy atom. The molecule has 2 heterocycles. The Morgan fingerprint density at radius 3 is 1.85 bits per heavy atom. The molecule has 1 aliphatic rings. The molecular formula is C38H69N3Na2O13P2S. The Morgan fingerprint density at radius 2 is 1.32 bits per heavy atom. The zero-order valence-electron chi connectivity index (χ0n) is 36.1. The van der Waals surface area contributed by atoms with Gasteiger partial charge in [0.1, 0.15) is 30.2 Å². The van der Waals surface area contributed by atoms with Crippen LogP contribution in [0.25, 0.3) is 0 Å². The number of thioether (sulfide) groups is 1. The zero-order valence-corrected chi connectivity index (χ0v) is 42.7. The third-order valence-electron chi connectivity index (χ3n) is 9.71. The number of aliphatic hydroxyl groups excluding tert-OH is 2. The van der Waals surface area contributed by atoms with Crippen LogP contribution in [-0.4, -0.2) is 74.9 Å². The van der Waals surface area contributed by atoms with Crippen LogP contribution in [-0.2, 0) is 36.8 Å². The van der Waals surface area contributed by atoms with Crippen LogP contribution in [0.15, 0.2) is 17.1 Å². The summed E-state index contributed by atoms with van der Waals surface area (Å²) < 4.78 is 50.7. The number of aliphatic hydroxyl groups is 2. The first-order valence-corrected chi connectivity index (χ1v) is 25.1. The molecule has 21 heteroatoms. The van der Waals surface area contributed by atoms with Crippen molar-refractivity contribution in [3.05, 3.63) is 22.7 Å². The summed E-state index contributed by atoms with van der Waals surface area (Å²) in [4.78, 5) is 53.5. The molecule has 16 nitrogen and oxygen atoms in total. The van der Waals surface area contributed by atoms with E-state index in [1.54, 1.807) is 0 Å². The molecule has 0 radical (unpaired) electrons. The van der Waals surface area contributed by atoms with Crippen LogP contribution in [0.3, 0.4) is 0 Å². The second kappa shape index (κ2) is 35.0. The molecule has 0 saturated carbocycles. The van der Waals surface area contributed by atoms with Gasteiger partial charge >= 0.3 is 70.8 Å². The zero-order chi connectivity index (χ0) is 41.9. The van der Waals surface area contributed by atoms with E-state index in [2.05, 4.69) is 27.7 Å². The monoisotopic (exact) mass is 915 g/mol. The van der Waals surface area contributed by atoms with Gasteiger partial charge in [-0.1, -0.05) is 136 Å². The molecule has 4 N–H and O–H groups in total. The van der Waals surface area contributed by atoms with Gasteiger partial charge in [0.05, 0.1) is 13.2 Å². The maximum atomic E-state index is 12.7. The summed E-state index contributed by atoms with van der Waals surface area (Å²) in [5, 5.41) is 20.8. The maximum absolute atomic E-state index is 12.7. The first-order valence-electron chi connectivity index (χ1n) is 21.0. The summed E-state index contributed by atoms with van der Waals surface area (Å²) in [6.45, 7) is 2.77. The number of nitrogens with zero attached hydrogens (tertiary/aromatic N) is 2. The molecule has 1 aliphatic heterocycles. The van der Waals surface area contributed by atoms with Crippen molar-refractivity contribution in [2.45, 2.75) is 186 Å². The average Bonchev–Trinajstić information content (AvgIpc) is 3.43. The van der Waals surface area contributed by atoms with Crippen molar-refractivity contribution in [2.24, 2.45) is 0 Å². The quantitative estimate of drug-likeness (QED) is 0.0367. The topological polar surface area (TPSA) is 245 Å². The molecule has 7 atom stereocenters. The number of nitrogens with two attached hydrogens (primary N) is 1. The van der Waals surface area contributed by atoms with Gasteiger partial charge in [0, 0.05) is 18.4 Å². The molecule has 0 bridgehead atoms. The molecule has 59 heavy (non-hydrogen) atoms. The molecular weight excluding hydrogens is 846 g/mol. The fraction of sp³-hybridized carbons (Fsp3) is 0.868. The Bertz CT molecular complexity index is 1410. The minimum atomic E-state index is -5.63. The van der Waals surface area contributed by atoms with Crippen molar-refractivity contribution in [3.8, 4) is 0 Å². The molecule has 0 spiro atoms. The molecule has 0 aromatic carbocycles. The molecule has 2 rings (SSSR count). The van der Waals surface area contributed by atoms with E-state index in [0.29, 0.717) is 6.42 Å². The number of esters is 1. The van der Waals surface area contributed by atoms with E-state index in [1.165, 1.54) is 114 Å². The number of phosphoric acid groups is 2. The molecule has 1 fully saturated rings. The van der Waals surface area contributed by atoms with Crippen LogP contribution in [0.1, 0.15) is 161 Å². The number of anilines is 1. The van der Waals surface area contributed by atoms with Crippen LogP contribution in [0, 0.1) is 0 Å². The second-order valence-corrected chi connectivity index (χ2v) is 18.9. The number of nitrogen functional groups attached to an aromatic ring is 1. The van der Waals surface area contributed by atoms with Crippen LogP contribution < -0.4 is 80.3 Å². The molecule has 1 aromatic rings. The average molecular weight is 916 g/mol. The first kappa shape index (κ1) is 59.6. The largest absolute Gasteiger partial charge is 1.00 e. The number of unbranched alkanes of at least 4 members (excludes halogenated alkanes) is 19. The fourth-order valence-electron chi connectivity index (χ4n) is 6.43. The Labute approximate surface area is 400 Å². The van der Waals surface area contributed by atoms with Crippen molar-refractivity contribution in [1.29, 1.82) is 0 Å². The first-order chi connectivity index (χ1) is 27.3. The fourth-order valence-corrected chi connectivity index (χ4v) is 9.46. The van der Waals surface area contributed by atoms with E-state index < -0.39 is 71.2 Å². The third-order valence-corrected chi connectivity index (χ3v) is 13.4. The van der Waals surface area contributed by atoms with E-state index in [-0.39, 0.29) is 77.1 Å². The summed E-state index contributed by atoms with van der Waals surface area (Å²) in [6.07, 6.45) is 18.3. The Balaban J connectivity index is 0.0000168. The number of carbonyl (C=O) groups excluding carboxylic acids is 1. The summed E-state index contributed by atoms with van der Waals surface area (Å²) in [6, 6.07) is 1.25. The number of carbonyl (C=O) groups is 1. The van der Waals surface area contributed by atoms with Crippen molar-refractivity contribution in [2.75, 3.05) is 30.5 Å². The van der Waals surface area contributed by atoms with Crippen LogP contribution in [0.5, 0.6) is 0 Å². The van der Waals surface area contributed by atoms with Gasteiger partial charge < -0.3 is 44.3 Å². The van der Waals surface area contributed by atoms with Crippen LogP contribution in [0.4, 0.5) is 5.82 Å². The summed E-state index contributed by atoms with van der Waals surface area (Å²) >= 11 is 1.49. The van der Waals surface area contributed by atoms with E-state index in [4.69, 9.17) is 19.7 Å². The normalized spacial score (nSPS) is 20.2. The molecule has 7 unspecified atom stereocenters. The molecule has 0 aliphatic carbocycles. The van der Waals surface area contributed by atoms with E-state index >= 15 is 0 Å². The number of phosphoric ester groups is 2. The SMILES string of the molecule is CCCCCCCCCCCCCCCC(=O)OC(COP(=O)([O-])OP(=O)([O-])OCC1OC(n2ccc(N)nc2=O)C(O)C1O)CSCCCCCCCCCC.[Na+].[Na+]. The van der Waals surface area contributed by atoms with Gasteiger partial charge in [0.2, 0.25) is 0 Å². The third kappa shape index (κ3) is 27.5. The van der Waals surface area contributed by atoms with Crippen LogP contribution in [0.2, 0.25) is 0 Å². The summed E-state index contributed by atoms with van der Waals surface area (Å²) in [5.74, 6) is 0.418. The smallest absolute Gasteiger partial charge is 0.756 e. The molecule has 1 saturated heterocycles. The molecule has 332 valence electrons. The van der Waals surface area contributed by atoms with Crippen molar-refractivity contribution in [1.82, 2.24) is 9.55 Å². The predicted molar refractivity (Wildman–Crippen MR) is 217 cm³/mol. The van der Waals surface area contributed by atoms with Crippen molar-refractivity contribution < 1.29 is 116 Å². The number of ether oxygens (including phenoxy) is 2. The van der Waals surface area contributed by atoms with Gasteiger partial charge in [-0.05, 0) is 24.7 Å². The predicted octanol–water partition coefficient (Wildman–Crippen LogP) is 0.706. The van der Waals surface area contributed by atoms with Crippen molar-refractivity contribution in [3.63, 3.8) is 0 Å². The van der Waals surface area contributed by atoms with E-state index in [0.717, 1.165) is 48.8 Å². The molecule has 1 aromatic heterocycles. The van der Waals surface area contributed by atoms with Gasteiger partial charge in [-0.15, -0.1) is 0 Å². The van der Waals surface area contributed by atoms with Gasteiger partial charge in [-0.25, -0.2) is 9.11 Å².